The average Bonchev–Trinajstić information content (AvgIpc) is 3.08. The number of benzene rings is 1. The van der Waals surface area contributed by atoms with Crippen LogP contribution in [0.4, 0.5) is 0 Å². The monoisotopic (exact) mass is 430 g/mol. The second kappa shape index (κ2) is 7.40. The van der Waals surface area contributed by atoms with Gasteiger partial charge in [0.2, 0.25) is 0 Å². The van der Waals surface area contributed by atoms with Crippen molar-refractivity contribution in [3.05, 3.63) is 45.5 Å². The molecule has 1 spiro atoms. The molecule has 1 fully saturated rings. The molecule has 3 unspecified atom stereocenters. The zero-order valence-corrected chi connectivity index (χ0v) is 17.4. The molecule has 1 aromatic carbocycles. The van der Waals surface area contributed by atoms with Crippen molar-refractivity contribution in [2.24, 2.45) is 5.92 Å². The molecule has 1 saturated heterocycles. The third-order valence-electron chi connectivity index (χ3n) is 7.37. The minimum absolute atomic E-state index is 0.0353. The Bertz CT molecular complexity index is 948. The van der Waals surface area contributed by atoms with E-state index < -0.39 is 11.2 Å². The summed E-state index contributed by atoms with van der Waals surface area (Å²) >= 11 is 0. The van der Waals surface area contributed by atoms with Crippen LogP contribution in [0.15, 0.2) is 24.3 Å². The predicted octanol–water partition coefficient (Wildman–Crippen LogP) is 2.13. The average molecular weight is 430 g/mol. The largest absolute Gasteiger partial charge is 0.504 e. The molecule has 4 aliphatic rings. The quantitative estimate of drug-likeness (QED) is 0.230. The van der Waals surface area contributed by atoms with Gasteiger partial charge in [0, 0.05) is 29.4 Å². The van der Waals surface area contributed by atoms with E-state index in [0.29, 0.717) is 24.6 Å². The second-order valence-corrected chi connectivity index (χ2v) is 8.91. The smallest absolute Gasteiger partial charge is 0.306 e. The number of hydrogen-bond donors (Lipinski definition) is 1. The van der Waals surface area contributed by atoms with Crippen molar-refractivity contribution < 1.29 is 29.3 Å². The van der Waals surface area contributed by atoms with Crippen LogP contribution in [0.1, 0.15) is 36.8 Å². The van der Waals surface area contributed by atoms with Crippen LogP contribution in [-0.2, 0) is 26.2 Å². The van der Waals surface area contributed by atoms with Gasteiger partial charge in [-0.25, -0.2) is 0 Å². The lowest BCUT2D eigenvalue weighted by Gasteiger charge is -2.56. The minimum Gasteiger partial charge on any atom is -0.504 e. The summed E-state index contributed by atoms with van der Waals surface area (Å²) < 4.78 is 12.1. The van der Waals surface area contributed by atoms with E-state index in [2.05, 4.69) is 22.9 Å². The Hall–Kier alpha value is -2.81. The van der Waals surface area contributed by atoms with Crippen molar-refractivity contribution in [3.63, 3.8) is 0 Å². The first kappa shape index (κ1) is 20.1. The second-order valence-electron chi connectivity index (χ2n) is 8.91. The summed E-state index contributed by atoms with van der Waals surface area (Å²) in [5.41, 5.74) is 1.99. The number of nitrogens with zero attached hydrogens (tertiary/aromatic N) is 2. The molecule has 9 heteroatoms. The Morgan fingerprint density at radius 3 is 3.03 bits per heavy atom. The van der Waals surface area contributed by atoms with E-state index in [1.54, 1.807) is 6.07 Å². The molecule has 0 saturated carbocycles. The summed E-state index contributed by atoms with van der Waals surface area (Å²) in [6.07, 6.45) is 5.97. The molecule has 166 valence electrons. The maximum atomic E-state index is 12.5. The zero-order valence-electron chi connectivity index (χ0n) is 17.4. The van der Waals surface area contributed by atoms with E-state index in [1.165, 1.54) is 5.56 Å². The molecule has 1 N–H and O–H groups in total. The van der Waals surface area contributed by atoms with E-state index in [-0.39, 0.29) is 42.2 Å². The Kier molecular flexibility index (Phi) is 4.80. The number of esters is 1. The van der Waals surface area contributed by atoms with Gasteiger partial charge in [-0.1, -0.05) is 12.1 Å². The van der Waals surface area contributed by atoms with Gasteiger partial charge in [0.25, 0.3) is 5.09 Å². The first-order valence-corrected chi connectivity index (χ1v) is 10.8. The number of piperidine rings is 1. The van der Waals surface area contributed by atoms with E-state index in [1.807, 2.05) is 12.1 Å². The zero-order chi connectivity index (χ0) is 21.8. The van der Waals surface area contributed by atoms with Crippen LogP contribution >= 0.6 is 0 Å². The first-order chi connectivity index (χ1) is 14.9. The number of rotatable bonds is 7. The van der Waals surface area contributed by atoms with Crippen LogP contribution in [0.3, 0.4) is 0 Å². The summed E-state index contributed by atoms with van der Waals surface area (Å²) in [5.74, 6) is 0.544. The number of hydrogen-bond acceptors (Lipinski definition) is 8. The fraction of sp³-hybridized carbons (Fsp3) is 0.591. The molecule has 2 aliphatic carbocycles. The van der Waals surface area contributed by atoms with E-state index in [4.69, 9.17) is 9.47 Å². The highest BCUT2D eigenvalue weighted by molar-refractivity contribution is 5.70. The number of likely N-dealkylation sites (N-methyl/N-ethyl adjacent to an activating group) is 1. The molecule has 2 heterocycles. The molecule has 0 aromatic heterocycles. The highest BCUT2D eigenvalue weighted by Crippen LogP contribution is 2.62. The predicted molar refractivity (Wildman–Crippen MR) is 108 cm³/mol. The summed E-state index contributed by atoms with van der Waals surface area (Å²) in [4.78, 5) is 29.3. The van der Waals surface area contributed by atoms with Crippen LogP contribution in [-0.4, -0.2) is 59.5 Å². The maximum absolute atomic E-state index is 12.5. The topological polar surface area (TPSA) is 111 Å². The lowest BCUT2D eigenvalue weighted by atomic mass is 9.53. The van der Waals surface area contributed by atoms with Gasteiger partial charge in [-0.2, -0.15) is 0 Å². The molecule has 1 aromatic rings. The van der Waals surface area contributed by atoms with E-state index >= 15 is 0 Å². The third-order valence-corrected chi connectivity index (χ3v) is 7.37. The number of carbonyl (C=O) groups is 1. The molecule has 2 aliphatic heterocycles. The van der Waals surface area contributed by atoms with Gasteiger partial charge in [0.15, 0.2) is 17.6 Å². The first-order valence-electron chi connectivity index (χ1n) is 10.8. The molecule has 5 rings (SSSR count). The van der Waals surface area contributed by atoms with Gasteiger partial charge in [-0.15, -0.1) is 10.1 Å². The van der Waals surface area contributed by atoms with Crippen LogP contribution < -0.4 is 4.74 Å². The molecule has 0 amide bonds. The van der Waals surface area contributed by atoms with Crippen molar-refractivity contribution >= 4 is 5.97 Å². The molecule has 9 nitrogen and oxygen atoms in total. The Morgan fingerprint density at radius 1 is 1.39 bits per heavy atom. The summed E-state index contributed by atoms with van der Waals surface area (Å²) in [7, 11) is 2.15. The fourth-order valence-electron chi connectivity index (χ4n) is 6.04. The number of phenols is 1. The van der Waals surface area contributed by atoms with Gasteiger partial charge in [0.1, 0.15) is 6.10 Å². The number of aromatic hydroxyl groups is 1. The lowest BCUT2D eigenvalue weighted by Crippen LogP contribution is -2.65. The van der Waals surface area contributed by atoms with Crippen LogP contribution in [0.2, 0.25) is 0 Å². The molecule has 0 radical (unpaired) electrons. The normalized spacial score (nSPS) is 32.2. The SMILES string of the molecule is CN1CC[C@]23c4c5ccc(O)c4OC2[C@@H](OC(=O)CCCCO[N+](=O)[O-])C=CC3C1C5. The number of unbranched alkanes of at least 4 members (excludes halogenated alkanes) is 1. The lowest BCUT2D eigenvalue weighted by molar-refractivity contribution is -0.757. The Balaban J connectivity index is 1.37. The highest BCUT2D eigenvalue weighted by Gasteiger charge is 2.65. The molecule has 2 bridgehead atoms. The van der Waals surface area contributed by atoms with Crippen molar-refractivity contribution in [1.82, 2.24) is 4.90 Å². The van der Waals surface area contributed by atoms with Crippen LogP contribution in [0.25, 0.3) is 0 Å². The molecule has 31 heavy (non-hydrogen) atoms. The Morgan fingerprint density at radius 2 is 2.23 bits per heavy atom. The van der Waals surface area contributed by atoms with Gasteiger partial charge in [0.05, 0.1) is 6.61 Å². The molecule has 5 atom stereocenters. The van der Waals surface area contributed by atoms with Crippen molar-refractivity contribution in [1.29, 1.82) is 0 Å². The fourth-order valence-corrected chi connectivity index (χ4v) is 6.04. The van der Waals surface area contributed by atoms with Crippen LogP contribution in [0.5, 0.6) is 11.5 Å². The van der Waals surface area contributed by atoms with Crippen molar-refractivity contribution in [3.8, 4) is 11.5 Å². The highest BCUT2D eigenvalue weighted by atomic mass is 16.9. The van der Waals surface area contributed by atoms with Crippen LogP contribution in [0, 0.1) is 16.0 Å². The number of carbonyl (C=O) groups excluding carboxylic acids is 1. The minimum atomic E-state index is -0.835. The molecular formula is C22H26N2O7. The number of likely N-dealkylation sites (tertiary alicyclic amines) is 1. The van der Waals surface area contributed by atoms with Gasteiger partial charge in [-0.3, -0.25) is 4.79 Å². The summed E-state index contributed by atoms with van der Waals surface area (Å²) in [6, 6.07) is 4.04. The summed E-state index contributed by atoms with van der Waals surface area (Å²) in [6.45, 7) is 0.882. The third kappa shape index (κ3) is 3.05. The van der Waals surface area contributed by atoms with Crippen molar-refractivity contribution in [2.45, 2.75) is 55.8 Å². The van der Waals surface area contributed by atoms with E-state index in [0.717, 1.165) is 24.9 Å². The van der Waals surface area contributed by atoms with Crippen molar-refractivity contribution in [2.75, 3.05) is 20.2 Å². The van der Waals surface area contributed by atoms with Gasteiger partial charge < -0.3 is 24.3 Å². The number of phenolic OH excluding ortho intramolecular Hbond substituents is 1. The summed E-state index contributed by atoms with van der Waals surface area (Å²) in [5, 5.41) is 19.9. The maximum Gasteiger partial charge on any atom is 0.306 e. The molecular weight excluding hydrogens is 404 g/mol. The van der Waals surface area contributed by atoms with E-state index in [9.17, 15) is 20.0 Å². The van der Waals surface area contributed by atoms with Gasteiger partial charge >= 0.3 is 5.97 Å². The number of ether oxygens (including phenoxy) is 2. The van der Waals surface area contributed by atoms with Gasteiger partial charge in [-0.05, 0) is 57.0 Å². The standard InChI is InChI=1S/C22H26N2O7/c1-23-10-9-22-14-6-8-17(30-18(26)4-2-3-11-29-24(27)28)21(22)31-20-16(25)7-5-13(19(20)22)12-15(14)23/h5-8,14-15,17,21,25H,2-4,9-12H2,1H3/t14?,15?,17-,21?,22-/m0/s1. The Labute approximate surface area is 179 Å².